The summed E-state index contributed by atoms with van der Waals surface area (Å²) in [5.41, 5.74) is 4.15. The van der Waals surface area contributed by atoms with Crippen LogP contribution in [0.15, 0.2) is 40.4 Å². The molecule has 0 aliphatic rings. The van der Waals surface area contributed by atoms with Gasteiger partial charge in [-0.25, -0.2) is 0 Å². The van der Waals surface area contributed by atoms with Crippen LogP contribution in [0.4, 0.5) is 0 Å². The molecule has 0 aromatic rings. The van der Waals surface area contributed by atoms with Crippen LogP contribution in [0.3, 0.4) is 0 Å². The molecular formula is C14H23N. The van der Waals surface area contributed by atoms with Crippen LogP contribution in [0, 0.1) is 0 Å². The van der Waals surface area contributed by atoms with Crippen LogP contribution in [0.5, 0.6) is 0 Å². The number of aliphatic imine (C=N–C) groups is 1. The van der Waals surface area contributed by atoms with Crippen molar-refractivity contribution in [3.8, 4) is 0 Å². The standard InChI is InChI=1S/C14H23N/c1-6-12(4)14(8-3)13(7-2)10-9-11-15-5/h6-7H,1,5,8-11H2,2-4H3/b13-7-,14-12-. The van der Waals surface area contributed by atoms with Crippen molar-refractivity contribution in [1.29, 1.82) is 0 Å². The molecule has 0 heterocycles. The molecule has 0 aliphatic carbocycles. The van der Waals surface area contributed by atoms with Gasteiger partial charge in [0.1, 0.15) is 0 Å². The summed E-state index contributed by atoms with van der Waals surface area (Å²) in [5, 5.41) is 0. The third-order valence-corrected chi connectivity index (χ3v) is 2.63. The minimum absolute atomic E-state index is 0.849. The zero-order chi connectivity index (χ0) is 11.7. The SMILES string of the molecule is C=C/C(C)=C(CC)\C(=C/C)CCCN=C. The second kappa shape index (κ2) is 8.22. The number of nitrogens with zero attached hydrogens (tertiary/aromatic N) is 1. The van der Waals surface area contributed by atoms with E-state index >= 15 is 0 Å². The Kier molecular flexibility index (Phi) is 7.61. The highest BCUT2D eigenvalue weighted by molar-refractivity contribution is 5.38. The molecular weight excluding hydrogens is 182 g/mol. The van der Waals surface area contributed by atoms with Gasteiger partial charge in [0.2, 0.25) is 0 Å². The van der Waals surface area contributed by atoms with E-state index in [4.69, 9.17) is 0 Å². The lowest BCUT2D eigenvalue weighted by Crippen LogP contribution is -1.94. The van der Waals surface area contributed by atoms with Crippen molar-refractivity contribution in [1.82, 2.24) is 0 Å². The first-order valence-corrected chi connectivity index (χ1v) is 5.61. The Morgan fingerprint density at radius 2 is 2.07 bits per heavy atom. The first kappa shape index (κ1) is 13.9. The van der Waals surface area contributed by atoms with Crippen LogP contribution in [0.1, 0.15) is 40.0 Å². The molecule has 0 bridgehead atoms. The van der Waals surface area contributed by atoms with Crippen LogP contribution in [-0.4, -0.2) is 13.3 Å². The van der Waals surface area contributed by atoms with Gasteiger partial charge in [0, 0.05) is 6.54 Å². The Morgan fingerprint density at radius 1 is 1.40 bits per heavy atom. The highest BCUT2D eigenvalue weighted by Gasteiger charge is 2.04. The smallest absolute Gasteiger partial charge is 0.0385 e. The van der Waals surface area contributed by atoms with Gasteiger partial charge >= 0.3 is 0 Å². The summed E-state index contributed by atoms with van der Waals surface area (Å²) in [6, 6.07) is 0. The molecule has 84 valence electrons. The number of hydrogen-bond acceptors (Lipinski definition) is 1. The lowest BCUT2D eigenvalue weighted by Gasteiger charge is -2.12. The fourth-order valence-corrected chi connectivity index (χ4v) is 1.73. The zero-order valence-corrected chi connectivity index (χ0v) is 10.3. The average Bonchev–Trinajstić information content (AvgIpc) is 2.27. The highest BCUT2D eigenvalue weighted by atomic mass is 14.7. The van der Waals surface area contributed by atoms with E-state index in [1.165, 1.54) is 16.7 Å². The van der Waals surface area contributed by atoms with Crippen molar-refractivity contribution >= 4 is 6.72 Å². The predicted octanol–water partition coefficient (Wildman–Crippen LogP) is 4.33. The molecule has 0 aromatic carbocycles. The minimum atomic E-state index is 0.849. The number of rotatable bonds is 7. The monoisotopic (exact) mass is 205 g/mol. The zero-order valence-electron chi connectivity index (χ0n) is 10.3. The maximum atomic E-state index is 3.88. The third kappa shape index (κ3) is 4.78. The van der Waals surface area contributed by atoms with Crippen molar-refractivity contribution in [2.75, 3.05) is 6.54 Å². The Labute approximate surface area is 94.3 Å². The van der Waals surface area contributed by atoms with E-state index in [0.717, 1.165) is 25.8 Å². The van der Waals surface area contributed by atoms with Gasteiger partial charge in [-0.3, -0.25) is 0 Å². The molecule has 0 amide bonds. The summed E-state index contributed by atoms with van der Waals surface area (Å²) in [6.07, 6.45) is 7.38. The van der Waals surface area contributed by atoms with Crippen LogP contribution >= 0.6 is 0 Å². The summed E-state index contributed by atoms with van der Waals surface area (Å²) in [6.45, 7) is 14.6. The van der Waals surface area contributed by atoms with Crippen molar-refractivity contribution in [2.24, 2.45) is 4.99 Å². The predicted molar refractivity (Wildman–Crippen MR) is 70.6 cm³/mol. The molecule has 0 aliphatic heterocycles. The van der Waals surface area contributed by atoms with Crippen molar-refractivity contribution < 1.29 is 0 Å². The molecule has 1 nitrogen and oxygen atoms in total. The summed E-state index contributed by atoms with van der Waals surface area (Å²) < 4.78 is 0. The van der Waals surface area contributed by atoms with Gasteiger partial charge < -0.3 is 4.99 Å². The van der Waals surface area contributed by atoms with Crippen molar-refractivity contribution in [2.45, 2.75) is 40.0 Å². The fourth-order valence-electron chi connectivity index (χ4n) is 1.73. The Bertz CT molecular complexity index is 269. The van der Waals surface area contributed by atoms with Gasteiger partial charge in [0.15, 0.2) is 0 Å². The van der Waals surface area contributed by atoms with Gasteiger partial charge in [-0.2, -0.15) is 0 Å². The van der Waals surface area contributed by atoms with Gasteiger partial charge in [-0.1, -0.05) is 25.7 Å². The summed E-state index contributed by atoms with van der Waals surface area (Å²) in [5.74, 6) is 0. The Balaban J connectivity index is 4.64. The Morgan fingerprint density at radius 3 is 2.47 bits per heavy atom. The van der Waals surface area contributed by atoms with E-state index in [-0.39, 0.29) is 0 Å². The van der Waals surface area contributed by atoms with E-state index in [1.807, 2.05) is 6.08 Å². The molecule has 0 atom stereocenters. The van der Waals surface area contributed by atoms with Crippen LogP contribution in [0.2, 0.25) is 0 Å². The summed E-state index contributed by atoms with van der Waals surface area (Å²) in [7, 11) is 0. The molecule has 0 fully saturated rings. The Hall–Kier alpha value is -1.11. The lowest BCUT2D eigenvalue weighted by molar-refractivity contribution is 0.820. The molecule has 15 heavy (non-hydrogen) atoms. The molecule has 0 saturated heterocycles. The largest absolute Gasteiger partial charge is 0.301 e. The molecule has 0 spiro atoms. The normalized spacial score (nSPS) is 13.4. The van der Waals surface area contributed by atoms with Gasteiger partial charge in [-0.15, -0.1) is 0 Å². The molecule has 0 rings (SSSR count). The van der Waals surface area contributed by atoms with Gasteiger partial charge in [0.25, 0.3) is 0 Å². The summed E-state index contributed by atoms with van der Waals surface area (Å²) >= 11 is 0. The van der Waals surface area contributed by atoms with E-state index in [0.29, 0.717) is 0 Å². The molecule has 1 heteroatoms. The second-order valence-corrected chi connectivity index (χ2v) is 3.58. The molecule has 0 N–H and O–H groups in total. The van der Waals surface area contributed by atoms with Gasteiger partial charge in [-0.05, 0) is 56.5 Å². The van der Waals surface area contributed by atoms with Gasteiger partial charge in [0.05, 0.1) is 0 Å². The first-order valence-electron chi connectivity index (χ1n) is 5.61. The lowest BCUT2D eigenvalue weighted by atomic mass is 9.94. The van der Waals surface area contributed by atoms with E-state index in [2.05, 4.69) is 45.1 Å². The molecule has 0 aromatic heterocycles. The quantitative estimate of drug-likeness (QED) is 0.333. The number of allylic oxidation sites excluding steroid dienone is 5. The average molecular weight is 205 g/mol. The van der Waals surface area contributed by atoms with E-state index < -0.39 is 0 Å². The fraction of sp³-hybridized carbons (Fsp3) is 0.500. The molecule has 0 radical (unpaired) electrons. The maximum absolute atomic E-state index is 3.88. The van der Waals surface area contributed by atoms with Crippen LogP contribution < -0.4 is 0 Å². The number of hydrogen-bond donors (Lipinski definition) is 0. The highest BCUT2D eigenvalue weighted by Crippen LogP contribution is 2.23. The van der Waals surface area contributed by atoms with Crippen molar-refractivity contribution in [3.63, 3.8) is 0 Å². The maximum Gasteiger partial charge on any atom is 0.0385 e. The van der Waals surface area contributed by atoms with Crippen LogP contribution in [0.25, 0.3) is 0 Å². The molecule has 0 saturated carbocycles. The summed E-state index contributed by atoms with van der Waals surface area (Å²) in [4.78, 5) is 3.88. The third-order valence-electron chi connectivity index (χ3n) is 2.63. The van der Waals surface area contributed by atoms with E-state index in [1.54, 1.807) is 0 Å². The second-order valence-electron chi connectivity index (χ2n) is 3.58. The van der Waals surface area contributed by atoms with Crippen molar-refractivity contribution in [3.05, 3.63) is 35.5 Å². The van der Waals surface area contributed by atoms with E-state index in [9.17, 15) is 0 Å². The van der Waals surface area contributed by atoms with Crippen LogP contribution in [-0.2, 0) is 0 Å². The molecule has 0 unspecified atom stereocenters. The topological polar surface area (TPSA) is 12.4 Å². The first-order chi connectivity index (χ1) is 7.21. The minimum Gasteiger partial charge on any atom is -0.301 e.